The molecule has 17 heavy (non-hydrogen) atoms. The lowest BCUT2D eigenvalue weighted by atomic mass is 9.96. The van der Waals surface area contributed by atoms with Crippen LogP contribution in [0.1, 0.15) is 32.4 Å². The number of aliphatic hydroxyl groups excluding tert-OH is 1. The summed E-state index contributed by atoms with van der Waals surface area (Å²) in [4.78, 5) is 3.93. The van der Waals surface area contributed by atoms with Crippen LogP contribution in [0.3, 0.4) is 0 Å². The van der Waals surface area contributed by atoms with Crippen LogP contribution in [-0.2, 0) is 4.74 Å². The molecule has 1 heterocycles. The molecule has 0 amide bonds. The molecule has 0 radical (unpaired) electrons. The van der Waals surface area contributed by atoms with E-state index in [1.54, 1.807) is 6.07 Å². The van der Waals surface area contributed by atoms with E-state index >= 15 is 0 Å². The summed E-state index contributed by atoms with van der Waals surface area (Å²) in [6.07, 6.45) is 0.321. The molecule has 0 spiro atoms. The minimum absolute atomic E-state index is 0.170. The van der Waals surface area contributed by atoms with Gasteiger partial charge < -0.3 is 15.6 Å². The number of aromatic nitrogens is 1. The smallest absolute Gasteiger partial charge is 0.129 e. The molecule has 0 saturated carbocycles. The van der Waals surface area contributed by atoms with Gasteiger partial charge in [0.1, 0.15) is 11.9 Å². The van der Waals surface area contributed by atoms with Crippen molar-refractivity contribution in [3.8, 4) is 0 Å². The van der Waals surface area contributed by atoms with Gasteiger partial charge in [-0.15, -0.1) is 0 Å². The van der Waals surface area contributed by atoms with Crippen LogP contribution >= 0.6 is 11.6 Å². The molecule has 0 aliphatic rings. The second-order valence-corrected chi connectivity index (χ2v) is 4.67. The van der Waals surface area contributed by atoms with Crippen molar-refractivity contribution >= 4 is 17.4 Å². The minimum Gasteiger partial charge on any atom is -0.386 e. The summed E-state index contributed by atoms with van der Waals surface area (Å²) < 4.78 is 5.54. The standard InChI is InChI=1S/C12H19ClN2O2/c1-4-17-11(7(2)3)10(16)9-5-8(13)6-15-12(9)14/h5-7,10-11,16H,4H2,1-3H3,(H2,14,15). The highest BCUT2D eigenvalue weighted by Crippen LogP contribution is 2.29. The predicted molar refractivity (Wildman–Crippen MR) is 68.9 cm³/mol. The summed E-state index contributed by atoms with van der Waals surface area (Å²) in [5.74, 6) is 0.454. The Labute approximate surface area is 107 Å². The number of aliphatic hydroxyl groups is 1. The highest BCUT2D eigenvalue weighted by atomic mass is 35.5. The van der Waals surface area contributed by atoms with Crippen LogP contribution in [0.5, 0.6) is 0 Å². The average molecular weight is 259 g/mol. The van der Waals surface area contributed by atoms with Gasteiger partial charge in [-0.2, -0.15) is 0 Å². The second-order valence-electron chi connectivity index (χ2n) is 4.24. The number of hydrogen-bond donors (Lipinski definition) is 2. The molecule has 0 bridgehead atoms. The number of nitrogens with two attached hydrogens (primary N) is 1. The molecule has 0 fully saturated rings. The van der Waals surface area contributed by atoms with E-state index in [9.17, 15) is 5.11 Å². The largest absolute Gasteiger partial charge is 0.386 e. The Morgan fingerprint density at radius 2 is 2.18 bits per heavy atom. The number of halogens is 1. The van der Waals surface area contributed by atoms with E-state index in [0.29, 0.717) is 17.2 Å². The number of anilines is 1. The van der Waals surface area contributed by atoms with E-state index in [0.717, 1.165) is 0 Å². The molecule has 0 aliphatic carbocycles. The molecule has 5 heteroatoms. The molecule has 0 aromatic carbocycles. The summed E-state index contributed by atoms with van der Waals surface area (Å²) in [5.41, 5.74) is 6.26. The van der Waals surface area contributed by atoms with Crippen LogP contribution in [0.2, 0.25) is 5.02 Å². The number of rotatable bonds is 5. The Morgan fingerprint density at radius 3 is 2.71 bits per heavy atom. The Hall–Kier alpha value is -0.840. The quantitative estimate of drug-likeness (QED) is 0.851. The Morgan fingerprint density at radius 1 is 1.53 bits per heavy atom. The minimum atomic E-state index is -0.818. The molecule has 1 rings (SSSR count). The van der Waals surface area contributed by atoms with Crippen LogP contribution in [0.15, 0.2) is 12.3 Å². The molecule has 1 aromatic rings. The Bertz CT molecular complexity index is 372. The molecule has 0 saturated heterocycles. The number of pyridine rings is 1. The summed E-state index contributed by atoms with van der Waals surface area (Å²) in [6, 6.07) is 1.63. The Kier molecular flexibility index (Phi) is 5.18. The fraction of sp³-hybridized carbons (Fsp3) is 0.583. The van der Waals surface area contributed by atoms with Crippen molar-refractivity contribution in [3.05, 3.63) is 22.8 Å². The average Bonchev–Trinajstić information content (AvgIpc) is 2.28. The third-order valence-corrected chi connectivity index (χ3v) is 2.77. The fourth-order valence-corrected chi connectivity index (χ4v) is 1.89. The van der Waals surface area contributed by atoms with Gasteiger partial charge in [-0.3, -0.25) is 0 Å². The lowest BCUT2D eigenvalue weighted by Crippen LogP contribution is -2.28. The molecular formula is C12H19ClN2O2. The van der Waals surface area contributed by atoms with Crippen molar-refractivity contribution in [3.63, 3.8) is 0 Å². The highest BCUT2D eigenvalue weighted by molar-refractivity contribution is 6.30. The fourth-order valence-electron chi connectivity index (χ4n) is 1.72. The zero-order chi connectivity index (χ0) is 13.0. The van der Waals surface area contributed by atoms with E-state index in [2.05, 4.69) is 4.98 Å². The number of nitrogens with zero attached hydrogens (tertiary/aromatic N) is 1. The van der Waals surface area contributed by atoms with E-state index < -0.39 is 6.10 Å². The molecule has 0 aliphatic heterocycles. The van der Waals surface area contributed by atoms with E-state index in [1.807, 2.05) is 20.8 Å². The molecule has 1 aromatic heterocycles. The Balaban J connectivity index is 2.99. The van der Waals surface area contributed by atoms with Crippen LogP contribution in [0.4, 0.5) is 5.82 Å². The van der Waals surface area contributed by atoms with E-state index in [4.69, 9.17) is 22.1 Å². The second kappa shape index (κ2) is 6.19. The maximum absolute atomic E-state index is 10.3. The van der Waals surface area contributed by atoms with Gasteiger partial charge in [-0.25, -0.2) is 4.98 Å². The first kappa shape index (κ1) is 14.2. The third-order valence-electron chi connectivity index (χ3n) is 2.56. The van der Waals surface area contributed by atoms with Gasteiger partial charge in [0.25, 0.3) is 0 Å². The summed E-state index contributed by atoms with van der Waals surface area (Å²) in [5, 5.41) is 10.7. The van der Waals surface area contributed by atoms with Crippen LogP contribution < -0.4 is 5.73 Å². The number of hydrogen-bond acceptors (Lipinski definition) is 4. The zero-order valence-corrected chi connectivity index (χ0v) is 11.1. The third kappa shape index (κ3) is 3.56. The molecule has 96 valence electrons. The monoisotopic (exact) mass is 258 g/mol. The number of nitrogen functional groups attached to an aromatic ring is 1. The van der Waals surface area contributed by atoms with Crippen molar-refractivity contribution in [2.24, 2.45) is 5.92 Å². The first-order valence-corrected chi connectivity index (χ1v) is 6.05. The van der Waals surface area contributed by atoms with Crippen LogP contribution in [0.25, 0.3) is 0 Å². The normalized spacial score (nSPS) is 14.9. The molecule has 2 atom stereocenters. The predicted octanol–water partition coefficient (Wildman–Crippen LogP) is 2.41. The SMILES string of the molecule is CCOC(C(C)C)C(O)c1cc(Cl)cnc1N. The number of ether oxygens (including phenoxy) is 1. The van der Waals surface area contributed by atoms with Crippen molar-refractivity contribution in [2.75, 3.05) is 12.3 Å². The first-order valence-electron chi connectivity index (χ1n) is 5.68. The van der Waals surface area contributed by atoms with Gasteiger partial charge in [-0.1, -0.05) is 25.4 Å². The molecule has 3 N–H and O–H groups in total. The van der Waals surface area contributed by atoms with Crippen molar-refractivity contribution in [2.45, 2.75) is 33.0 Å². The van der Waals surface area contributed by atoms with Gasteiger partial charge >= 0.3 is 0 Å². The van der Waals surface area contributed by atoms with Gasteiger partial charge in [-0.05, 0) is 18.9 Å². The van der Waals surface area contributed by atoms with Gasteiger partial charge in [0, 0.05) is 18.4 Å². The van der Waals surface area contributed by atoms with E-state index in [-0.39, 0.29) is 17.8 Å². The topological polar surface area (TPSA) is 68.4 Å². The van der Waals surface area contributed by atoms with Crippen molar-refractivity contribution in [1.29, 1.82) is 0 Å². The molecule has 2 unspecified atom stereocenters. The molecular weight excluding hydrogens is 240 g/mol. The van der Waals surface area contributed by atoms with Crippen molar-refractivity contribution < 1.29 is 9.84 Å². The van der Waals surface area contributed by atoms with Gasteiger partial charge in [0.05, 0.1) is 11.1 Å². The lowest BCUT2D eigenvalue weighted by molar-refractivity contribution is -0.0583. The van der Waals surface area contributed by atoms with Crippen LogP contribution in [-0.4, -0.2) is 22.8 Å². The molecule has 4 nitrogen and oxygen atoms in total. The zero-order valence-electron chi connectivity index (χ0n) is 10.4. The summed E-state index contributed by atoms with van der Waals surface area (Å²) >= 11 is 5.85. The van der Waals surface area contributed by atoms with Crippen molar-refractivity contribution in [1.82, 2.24) is 4.98 Å². The maximum Gasteiger partial charge on any atom is 0.129 e. The van der Waals surface area contributed by atoms with Gasteiger partial charge in [0.15, 0.2) is 0 Å². The van der Waals surface area contributed by atoms with Crippen LogP contribution in [0, 0.1) is 5.92 Å². The lowest BCUT2D eigenvalue weighted by Gasteiger charge is -2.27. The summed E-state index contributed by atoms with van der Waals surface area (Å²) in [6.45, 7) is 6.39. The maximum atomic E-state index is 10.3. The van der Waals surface area contributed by atoms with E-state index in [1.165, 1.54) is 6.20 Å². The van der Waals surface area contributed by atoms with Gasteiger partial charge in [0.2, 0.25) is 0 Å². The highest BCUT2D eigenvalue weighted by Gasteiger charge is 2.26. The first-order chi connectivity index (χ1) is 7.97. The summed E-state index contributed by atoms with van der Waals surface area (Å²) in [7, 11) is 0.